The summed E-state index contributed by atoms with van der Waals surface area (Å²) in [5, 5.41) is 0.730. The number of rotatable bonds is 2. The number of carbonyl (C=O) groups excluding carboxylic acids is 1. The van der Waals surface area contributed by atoms with E-state index in [9.17, 15) is 4.79 Å². The fourth-order valence-corrected chi connectivity index (χ4v) is 3.32. The van der Waals surface area contributed by atoms with Crippen molar-refractivity contribution < 1.29 is 4.79 Å². The zero-order valence-electron chi connectivity index (χ0n) is 12.1. The Bertz CT molecular complexity index is 629. The summed E-state index contributed by atoms with van der Waals surface area (Å²) >= 11 is 1.37. The van der Waals surface area contributed by atoms with Crippen molar-refractivity contribution in [1.29, 1.82) is 0 Å². The van der Waals surface area contributed by atoms with Crippen molar-refractivity contribution in [3.63, 3.8) is 0 Å². The van der Waals surface area contributed by atoms with Gasteiger partial charge in [-0.15, -0.1) is 11.3 Å². The van der Waals surface area contributed by atoms with E-state index in [1.807, 2.05) is 4.90 Å². The first kappa shape index (κ1) is 14.1. The molecule has 0 radical (unpaired) electrons. The monoisotopic (exact) mass is 303 g/mol. The molecule has 21 heavy (non-hydrogen) atoms. The molecule has 7 heteroatoms. The third-order valence-electron chi connectivity index (χ3n) is 3.59. The standard InChI is InChI=1S/C14H17N5OS/c1-10-9-18(2)5-6-19(10)14(20)12-8-17-13(21-12)11-7-15-3-4-16-11/h3-4,7-8,10H,5-6,9H2,1-2H3/t10-/m0/s1. The van der Waals surface area contributed by atoms with Gasteiger partial charge in [-0.2, -0.15) is 0 Å². The van der Waals surface area contributed by atoms with E-state index in [2.05, 4.69) is 33.8 Å². The number of hydrogen-bond donors (Lipinski definition) is 0. The Morgan fingerprint density at radius 1 is 1.29 bits per heavy atom. The van der Waals surface area contributed by atoms with Crippen LogP contribution < -0.4 is 0 Å². The van der Waals surface area contributed by atoms with Crippen molar-refractivity contribution in [2.45, 2.75) is 13.0 Å². The lowest BCUT2D eigenvalue weighted by Crippen LogP contribution is -2.52. The fraction of sp³-hybridized carbons (Fsp3) is 0.429. The van der Waals surface area contributed by atoms with Crippen LogP contribution in [-0.4, -0.2) is 63.4 Å². The van der Waals surface area contributed by atoms with Crippen LogP contribution in [0, 0.1) is 0 Å². The summed E-state index contributed by atoms with van der Waals surface area (Å²) in [6.07, 6.45) is 6.55. The SMILES string of the molecule is C[C@H]1CN(C)CCN1C(=O)c1cnc(-c2cnccn2)s1. The van der Waals surface area contributed by atoms with Crippen molar-refractivity contribution in [2.75, 3.05) is 26.7 Å². The Hall–Kier alpha value is -1.86. The minimum atomic E-state index is 0.0586. The molecule has 2 aromatic heterocycles. The molecule has 110 valence electrons. The molecule has 3 rings (SSSR count). The van der Waals surface area contributed by atoms with Crippen molar-refractivity contribution in [3.8, 4) is 10.7 Å². The summed E-state index contributed by atoms with van der Waals surface area (Å²) in [4.78, 5) is 30.0. The van der Waals surface area contributed by atoms with E-state index < -0.39 is 0 Å². The second-order valence-electron chi connectivity index (χ2n) is 5.23. The predicted octanol–water partition coefficient (Wildman–Crippen LogP) is 1.38. The van der Waals surface area contributed by atoms with Crippen molar-refractivity contribution in [3.05, 3.63) is 29.7 Å². The number of amides is 1. The van der Waals surface area contributed by atoms with Crippen LogP contribution in [0.2, 0.25) is 0 Å². The topological polar surface area (TPSA) is 62.2 Å². The number of piperazine rings is 1. The molecule has 1 aliphatic heterocycles. The van der Waals surface area contributed by atoms with Gasteiger partial charge in [-0.25, -0.2) is 4.98 Å². The Morgan fingerprint density at radius 2 is 2.14 bits per heavy atom. The van der Waals surface area contributed by atoms with E-state index in [1.165, 1.54) is 11.3 Å². The van der Waals surface area contributed by atoms with Gasteiger partial charge >= 0.3 is 0 Å². The molecule has 1 aliphatic rings. The van der Waals surface area contributed by atoms with Crippen molar-refractivity contribution in [1.82, 2.24) is 24.8 Å². The van der Waals surface area contributed by atoms with E-state index in [0.717, 1.165) is 24.6 Å². The number of thiazole rings is 1. The van der Waals surface area contributed by atoms with Crippen LogP contribution in [-0.2, 0) is 0 Å². The molecule has 0 aliphatic carbocycles. The summed E-state index contributed by atoms with van der Waals surface area (Å²) in [5.74, 6) is 0.0586. The molecule has 0 aromatic carbocycles. The van der Waals surface area contributed by atoms with Crippen LogP contribution in [0.4, 0.5) is 0 Å². The second kappa shape index (κ2) is 5.87. The average molecular weight is 303 g/mol. The first-order valence-corrected chi connectivity index (χ1v) is 7.68. The van der Waals surface area contributed by atoms with Gasteiger partial charge in [0.15, 0.2) is 0 Å². The molecule has 0 saturated carbocycles. The Labute approximate surface area is 127 Å². The summed E-state index contributed by atoms with van der Waals surface area (Å²) in [6, 6.07) is 0.221. The zero-order chi connectivity index (χ0) is 14.8. The second-order valence-corrected chi connectivity index (χ2v) is 6.26. The lowest BCUT2D eigenvalue weighted by Gasteiger charge is -2.37. The zero-order valence-corrected chi connectivity index (χ0v) is 12.9. The summed E-state index contributed by atoms with van der Waals surface area (Å²) in [7, 11) is 2.08. The lowest BCUT2D eigenvalue weighted by atomic mass is 10.2. The van der Waals surface area contributed by atoms with Gasteiger partial charge in [-0.3, -0.25) is 14.8 Å². The minimum absolute atomic E-state index is 0.0586. The highest BCUT2D eigenvalue weighted by atomic mass is 32.1. The molecule has 0 bridgehead atoms. The molecule has 0 spiro atoms. The average Bonchev–Trinajstić information content (AvgIpc) is 2.97. The molecule has 1 amide bonds. The summed E-state index contributed by atoms with van der Waals surface area (Å²) in [5.41, 5.74) is 0.702. The highest BCUT2D eigenvalue weighted by Crippen LogP contribution is 2.24. The van der Waals surface area contributed by atoms with Gasteiger partial charge in [0.2, 0.25) is 0 Å². The number of nitrogens with zero attached hydrogens (tertiary/aromatic N) is 5. The normalized spacial score (nSPS) is 19.7. The molecule has 1 fully saturated rings. The van der Waals surface area contributed by atoms with Crippen LogP contribution >= 0.6 is 11.3 Å². The number of aromatic nitrogens is 3. The quantitative estimate of drug-likeness (QED) is 0.838. The van der Waals surface area contributed by atoms with Crippen LogP contribution in [0.25, 0.3) is 10.7 Å². The molecule has 6 nitrogen and oxygen atoms in total. The van der Waals surface area contributed by atoms with Gasteiger partial charge < -0.3 is 9.80 Å². The number of hydrogen-bond acceptors (Lipinski definition) is 6. The van der Waals surface area contributed by atoms with Gasteiger partial charge in [-0.1, -0.05) is 0 Å². The summed E-state index contributed by atoms with van der Waals surface area (Å²) < 4.78 is 0. The maximum atomic E-state index is 12.6. The molecule has 0 N–H and O–H groups in total. The third-order valence-corrected chi connectivity index (χ3v) is 4.60. The van der Waals surface area contributed by atoms with Crippen LogP contribution in [0.3, 0.4) is 0 Å². The molecular formula is C14H17N5OS. The third kappa shape index (κ3) is 2.93. The molecule has 1 atom stereocenters. The Kier molecular flexibility index (Phi) is 3.94. The highest BCUT2D eigenvalue weighted by molar-refractivity contribution is 7.16. The van der Waals surface area contributed by atoms with Crippen molar-refractivity contribution >= 4 is 17.2 Å². The number of carbonyl (C=O) groups is 1. The fourth-order valence-electron chi connectivity index (χ4n) is 2.48. The Morgan fingerprint density at radius 3 is 2.86 bits per heavy atom. The predicted molar refractivity (Wildman–Crippen MR) is 81.1 cm³/mol. The van der Waals surface area contributed by atoms with Gasteiger partial charge in [0.25, 0.3) is 5.91 Å². The first-order valence-electron chi connectivity index (χ1n) is 6.87. The first-order chi connectivity index (χ1) is 10.1. The largest absolute Gasteiger partial charge is 0.333 e. The van der Waals surface area contributed by atoms with Gasteiger partial charge in [-0.05, 0) is 14.0 Å². The summed E-state index contributed by atoms with van der Waals surface area (Å²) in [6.45, 7) is 4.65. The van der Waals surface area contributed by atoms with Crippen molar-refractivity contribution in [2.24, 2.45) is 0 Å². The lowest BCUT2D eigenvalue weighted by molar-refractivity contribution is 0.0538. The van der Waals surface area contributed by atoms with E-state index in [0.29, 0.717) is 10.6 Å². The van der Waals surface area contributed by atoms with Crippen LogP contribution in [0.1, 0.15) is 16.6 Å². The smallest absolute Gasteiger partial charge is 0.265 e. The van der Waals surface area contributed by atoms with Crippen LogP contribution in [0.15, 0.2) is 24.8 Å². The maximum absolute atomic E-state index is 12.6. The van der Waals surface area contributed by atoms with Crippen LogP contribution in [0.5, 0.6) is 0 Å². The maximum Gasteiger partial charge on any atom is 0.265 e. The van der Waals surface area contributed by atoms with Gasteiger partial charge in [0.05, 0.1) is 12.4 Å². The highest BCUT2D eigenvalue weighted by Gasteiger charge is 2.27. The van der Waals surface area contributed by atoms with E-state index >= 15 is 0 Å². The van der Waals surface area contributed by atoms with E-state index in [1.54, 1.807) is 24.8 Å². The van der Waals surface area contributed by atoms with Gasteiger partial charge in [0, 0.05) is 38.1 Å². The molecular weight excluding hydrogens is 286 g/mol. The van der Waals surface area contributed by atoms with Gasteiger partial charge in [0.1, 0.15) is 15.6 Å². The molecule has 0 unspecified atom stereocenters. The van der Waals surface area contributed by atoms with E-state index in [-0.39, 0.29) is 11.9 Å². The minimum Gasteiger partial charge on any atom is -0.333 e. The Balaban J connectivity index is 1.78. The number of likely N-dealkylation sites (N-methyl/N-ethyl adjacent to an activating group) is 1. The molecule has 3 heterocycles. The molecule has 1 saturated heterocycles. The molecule has 2 aromatic rings. The van der Waals surface area contributed by atoms with E-state index in [4.69, 9.17) is 0 Å².